The number of carbonyl (C=O) groups is 2. The van der Waals surface area contributed by atoms with Crippen LogP contribution in [0.5, 0.6) is 0 Å². The number of ether oxygens (including phenoxy) is 1. The number of hydrogen-bond acceptors (Lipinski definition) is 3. The number of ketones is 1. The molecule has 0 fully saturated rings. The lowest BCUT2D eigenvalue weighted by Gasteiger charge is -2.18. The van der Waals surface area contributed by atoms with E-state index in [9.17, 15) is 9.59 Å². The molecule has 0 bridgehead atoms. The molecule has 0 radical (unpaired) electrons. The van der Waals surface area contributed by atoms with Crippen LogP contribution in [0.3, 0.4) is 0 Å². The Morgan fingerprint density at radius 1 is 1.16 bits per heavy atom. The predicted octanol–water partition coefficient (Wildman–Crippen LogP) is 5.38. The normalized spacial score (nSPS) is 15.2. The lowest BCUT2D eigenvalue weighted by atomic mass is 9.85. The zero-order chi connectivity index (χ0) is 18.0. The van der Waals surface area contributed by atoms with Crippen LogP contribution in [0.1, 0.15) is 45.2 Å². The lowest BCUT2D eigenvalue weighted by Crippen LogP contribution is -2.15. The monoisotopic (exact) mass is 374 g/mol. The molecule has 128 valence electrons. The molecule has 0 saturated heterocycles. The van der Waals surface area contributed by atoms with Crippen LogP contribution in [-0.4, -0.2) is 18.4 Å². The van der Waals surface area contributed by atoms with Gasteiger partial charge >= 0.3 is 5.97 Å². The van der Waals surface area contributed by atoms with E-state index in [-0.39, 0.29) is 11.8 Å². The SMILES string of the molecule is CCOC(=O)c1ccc2c(c1)CC/C(=C/c1ccc(Cl)cc1Cl)C2=O. The highest BCUT2D eigenvalue weighted by molar-refractivity contribution is 6.35. The van der Waals surface area contributed by atoms with Gasteiger partial charge in [-0.2, -0.15) is 0 Å². The third kappa shape index (κ3) is 3.78. The smallest absolute Gasteiger partial charge is 0.338 e. The van der Waals surface area contributed by atoms with Gasteiger partial charge in [0.2, 0.25) is 0 Å². The second-order valence-electron chi connectivity index (χ2n) is 5.76. The van der Waals surface area contributed by atoms with Crippen molar-refractivity contribution in [3.63, 3.8) is 0 Å². The molecular formula is C20H16Cl2O3. The molecule has 3 nitrogen and oxygen atoms in total. The number of esters is 1. The minimum Gasteiger partial charge on any atom is -0.462 e. The maximum Gasteiger partial charge on any atom is 0.338 e. The summed E-state index contributed by atoms with van der Waals surface area (Å²) in [5, 5.41) is 1.07. The summed E-state index contributed by atoms with van der Waals surface area (Å²) in [4.78, 5) is 24.6. The van der Waals surface area contributed by atoms with E-state index >= 15 is 0 Å². The van der Waals surface area contributed by atoms with Crippen LogP contribution in [-0.2, 0) is 11.2 Å². The summed E-state index contributed by atoms with van der Waals surface area (Å²) >= 11 is 12.1. The van der Waals surface area contributed by atoms with E-state index in [4.69, 9.17) is 27.9 Å². The highest BCUT2D eigenvalue weighted by Gasteiger charge is 2.23. The molecule has 0 aromatic heterocycles. The average Bonchev–Trinajstić information content (AvgIpc) is 2.59. The summed E-state index contributed by atoms with van der Waals surface area (Å²) < 4.78 is 5.01. The number of Topliss-reactive ketones (excluding diaryl/α,β-unsaturated/α-hetero) is 1. The van der Waals surface area contributed by atoms with E-state index in [0.717, 1.165) is 11.1 Å². The highest BCUT2D eigenvalue weighted by Crippen LogP contribution is 2.30. The number of rotatable bonds is 3. The molecular weight excluding hydrogens is 359 g/mol. The van der Waals surface area contributed by atoms with E-state index < -0.39 is 0 Å². The van der Waals surface area contributed by atoms with Gasteiger partial charge in [-0.05, 0) is 67.3 Å². The van der Waals surface area contributed by atoms with Crippen molar-refractivity contribution in [1.82, 2.24) is 0 Å². The van der Waals surface area contributed by atoms with Gasteiger partial charge in [0.1, 0.15) is 0 Å². The first kappa shape index (κ1) is 17.7. The van der Waals surface area contributed by atoms with Gasteiger partial charge < -0.3 is 4.74 Å². The topological polar surface area (TPSA) is 43.4 Å². The molecule has 0 unspecified atom stereocenters. The molecule has 0 atom stereocenters. The highest BCUT2D eigenvalue weighted by atomic mass is 35.5. The van der Waals surface area contributed by atoms with E-state index in [1.54, 1.807) is 43.3 Å². The van der Waals surface area contributed by atoms with Crippen molar-refractivity contribution in [2.75, 3.05) is 6.61 Å². The summed E-state index contributed by atoms with van der Waals surface area (Å²) in [6, 6.07) is 10.3. The van der Waals surface area contributed by atoms with Crippen LogP contribution in [0.15, 0.2) is 42.0 Å². The Morgan fingerprint density at radius 2 is 1.96 bits per heavy atom. The number of halogens is 2. The maximum atomic E-state index is 12.8. The molecule has 1 aliphatic rings. The summed E-state index contributed by atoms with van der Waals surface area (Å²) in [6.45, 7) is 2.09. The van der Waals surface area contributed by atoms with Crippen molar-refractivity contribution in [2.45, 2.75) is 19.8 Å². The number of carbonyl (C=O) groups excluding carboxylic acids is 2. The lowest BCUT2D eigenvalue weighted by molar-refractivity contribution is 0.0526. The van der Waals surface area contributed by atoms with E-state index in [1.165, 1.54) is 0 Å². The number of aryl methyl sites for hydroxylation is 1. The van der Waals surface area contributed by atoms with Gasteiger partial charge in [0.05, 0.1) is 12.2 Å². The predicted molar refractivity (Wildman–Crippen MR) is 99.5 cm³/mol. The molecule has 0 saturated carbocycles. The average molecular weight is 375 g/mol. The quantitative estimate of drug-likeness (QED) is 0.534. The molecule has 0 spiro atoms. The first-order valence-corrected chi connectivity index (χ1v) is 8.75. The molecule has 1 aliphatic carbocycles. The Hall–Kier alpha value is -2.10. The number of fused-ring (bicyclic) bond motifs is 1. The molecule has 2 aromatic rings. The minimum absolute atomic E-state index is 0.0392. The van der Waals surface area contributed by atoms with Crippen molar-refractivity contribution >= 4 is 41.0 Å². The van der Waals surface area contributed by atoms with E-state index in [0.29, 0.717) is 46.2 Å². The van der Waals surface area contributed by atoms with Gasteiger partial charge in [-0.1, -0.05) is 29.3 Å². The molecule has 0 amide bonds. The van der Waals surface area contributed by atoms with Crippen molar-refractivity contribution in [3.05, 3.63) is 74.3 Å². The molecule has 25 heavy (non-hydrogen) atoms. The van der Waals surface area contributed by atoms with Gasteiger partial charge in [0, 0.05) is 21.2 Å². The first-order valence-electron chi connectivity index (χ1n) is 8.00. The second kappa shape index (κ2) is 7.42. The van der Waals surface area contributed by atoms with Gasteiger partial charge in [-0.25, -0.2) is 4.79 Å². The summed E-state index contributed by atoms with van der Waals surface area (Å²) in [5.41, 5.74) is 3.42. The van der Waals surface area contributed by atoms with Crippen LogP contribution in [0.4, 0.5) is 0 Å². The van der Waals surface area contributed by atoms with Crippen molar-refractivity contribution < 1.29 is 14.3 Å². The Kier molecular flexibility index (Phi) is 5.26. The van der Waals surface area contributed by atoms with Crippen LogP contribution < -0.4 is 0 Å². The molecule has 0 N–H and O–H groups in total. The van der Waals surface area contributed by atoms with Crippen molar-refractivity contribution in [1.29, 1.82) is 0 Å². The zero-order valence-corrected chi connectivity index (χ0v) is 15.2. The summed E-state index contributed by atoms with van der Waals surface area (Å²) in [6.07, 6.45) is 3.09. The third-order valence-corrected chi connectivity index (χ3v) is 4.67. The first-order chi connectivity index (χ1) is 12.0. The third-order valence-electron chi connectivity index (χ3n) is 4.11. The number of allylic oxidation sites excluding steroid dienone is 1. The van der Waals surface area contributed by atoms with E-state index in [1.807, 2.05) is 6.08 Å². The molecule has 2 aromatic carbocycles. The van der Waals surface area contributed by atoms with Gasteiger partial charge in [-0.15, -0.1) is 0 Å². The van der Waals surface area contributed by atoms with Gasteiger partial charge in [0.15, 0.2) is 5.78 Å². The summed E-state index contributed by atoms with van der Waals surface area (Å²) in [5.74, 6) is -0.408. The second-order valence-corrected chi connectivity index (χ2v) is 6.60. The van der Waals surface area contributed by atoms with Crippen molar-refractivity contribution in [3.8, 4) is 0 Å². The van der Waals surface area contributed by atoms with Crippen LogP contribution in [0.2, 0.25) is 10.0 Å². The summed E-state index contributed by atoms with van der Waals surface area (Å²) in [7, 11) is 0. The molecule has 0 aliphatic heterocycles. The number of hydrogen-bond donors (Lipinski definition) is 0. The van der Waals surface area contributed by atoms with Crippen LogP contribution in [0.25, 0.3) is 6.08 Å². The van der Waals surface area contributed by atoms with Gasteiger partial charge in [-0.3, -0.25) is 4.79 Å². The fraction of sp³-hybridized carbons (Fsp3) is 0.200. The zero-order valence-electron chi connectivity index (χ0n) is 13.6. The van der Waals surface area contributed by atoms with Crippen LogP contribution >= 0.6 is 23.2 Å². The van der Waals surface area contributed by atoms with Gasteiger partial charge in [0.25, 0.3) is 0 Å². The van der Waals surface area contributed by atoms with Crippen LogP contribution in [0, 0.1) is 0 Å². The standard InChI is InChI=1S/C20H16Cl2O3/c1-2-25-20(24)15-6-8-17-12(9-15)3-4-14(19(17)23)10-13-5-7-16(21)11-18(13)22/h5-11H,2-4H2,1H3/b14-10-. The molecule has 3 rings (SSSR count). The number of benzene rings is 2. The van der Waals surface area contributed by atoms with Crippen molar-refractivity contribution in [2.24, 2.45) is 0 Å². The molecule has 5 heteroatoms. The Bertz CT molecular complexity index is 885. The minimum atomic E-state index is -0.368. The Labute approximate surface area is 156 Å². The maximum absolute atomic E-state index is 12.8. The largest absolute Gasteiger partial charge is 0.462 e. The van der Waals surface area contributed by atoms with E-state index in [2.05, 4.69) is 0 Å². The molecule has 0 heterocycles. The Balaban J connectivity index is 1.91. The fourth-order valence-electron chi connectivity index (χ4n) is 2.86. The Morgan fingerprint density at radius 3 is 2.68 bits per heavy atom. The fourth-order valence-corrected chi connectivity index (χ4v) is 3.33.